The minimum atomic E-state index is 0.200. The maximum absolute atomic E-state index is 11.2. The highest BCUT2D eigenvalue weighted by Gasteiger charge is 2.21. The van der Waals surface area contributed by atoms with Crippen LogP contribution in [0, 0.1) is 5.92 Å². The molecule has 1 heteroatoms. The van der Waals surface area contributed by atoms with Gasteiger partial charge in [0, 0.05) is 5.57 Å². The summed E-state index contributed by atoms with van der Waals surface area (Å²) in [6.45, 7) is 0. The molecule has 1 atom stereocenters. The van der Waals surface area contributed by atoms with Gasteiger partial charge >= 0.3 is 0 Å². The second-order valence-electron chi connectivity index (χ2n) is 2.99. The zero-order valence-corrected chi connectivity index (χ0v) is 6.29. The van der Waals surface area contributed by atoms with Gasteiger partial charge in [-0.3, -0.25) is 4.79 Å². The van der Waals surface area contributed by atoms with Crippen molar-refractivity contribution in [2.24, 2.45) is 5.92 Å². The maximum atomic E-state index is 11.2. The molecule has 0 saturated carbocycles. The van der Waals surface area contributed by atoms with Crippen LogP contribution in [0.2, 0.25) is 0 Å². The SMILES string of the molecule is O=C1C=CCC2CC=CC=C12. The van der Waals surface area contributed by atoms with Gasteiger partial charge in [-0.15, -0.1) is 0 Å². The molecule has 0 heterocycles. The molecule has 0 aromatic carbocycles. The standard InChI is InChI=1S/C10H10O/c11-10-7-3-5-8-4-1-2-6-9(8)10/h1-3,6-8H,4-5H2. The van der Waals surface area contributed by atoms with Crippen LogP contribution in [0.3, 0.4) is 0 Å². The highest BCUT2D eigenvalue weighted by molar-refractivity contribution is 6.05. The molecule has 2 aliphatic rings. The van der Waals surface area contributed by atoms with Crippen LogP contribution in [0.4, 0.5) is 0 Å². The van der Waals surface area contributed by atoms with Crippen LogP contribution >= 0.6 is 0 Å². The fourth-order valence-corrected chi connectivity index (χ4v) is 1.62. The molecule has 0 N–H and O–H groups in total. The number of carbonyl (C=O) groups is 1. The Labute approximate surface area is 66.1 Å². The molecule has 1 unspecified atom stereocenters. The van der Waals surface area contributed by atoms with Crippen LogP contribution in [-0.4, -0.2) is 5.78 Å². The van der Waals surface area contributed by atoms with Gasteiger partial charge in [-0.2, -0.15) is 0 Å². The molecule has 0 aliphatic heterocycles. The Morgan fingerprint density at radius 2 is 2.09 bits per heavy atom. The molecule has 0 fully saturated rings. The Hall–Kier alpha value is -1.11. The smallest absolute Gasteiger partial charge is 0.181 e. The predicted octanol–water partition coefficient (Wildman–Crippen LogP) is 2.02. The summed E-state index contributed by atoms with van der Waals surface area (Å²) in [4.78, 5) is 11.2. The van der Waals surface area contributed by atoms with Gasteiger partial charge in [0.2, 0.25) is 0 Å². The van der Waals surface area contributed by atoms with Crippen molar-refractivity contribution in [2.75, 3.05) is 0 Å². The van der Waals surface area contributed by atoms with Crippen molar-refractivity contribution in [3.63, 3.8) is 0 Å². The van der Waals surface area contributed by atoms with Crippen LogP contribution in [0.1, 0.15) is 12.8 Å². The molecular weight excluding hydrogens is 136 g/mol. The third-order valence-electron chi connectivity index (χ3n) is 2.25. The highest BCUT2D eigenvalue weighted by Crippen LogP contribution is 2.28. The number of ketones is 1. The van der Waals surface area contributed by atoms with E-state index in [0.29, 0.717) is 5.92 Å². The summed E-state index contributed by atoms with van der Waals surface area (Å²) in [6.07, 6.45) is 11.8. The Bertz CT molecular complexity index is 269. The normalized spacial score (nSPS) is 28.2. The van der Waals surface area contributed by atoms with Crippen molar-refractivity contribution < 1.29 is 4.79 Å². The lowest BCUT2D eigenvalue weighted by molar-refractivity contribution is -0.112. The summed E-state index contributed by atoms with van der Waals surface area (Å²) < 4.78 is 0. The van der Waals surface area contributed by atoms with Crippen molar-refractivity contribution >= 4 is 5.78 Å². The third kappa shape index (κ3) is 1.07. The average Bonchev–Trinajstić information content (AvgIpc) is 2.06. The molecule has 11 heavy (non-hydrogen) atoms. The van der Waals surface area contributed by atoms with Gasteiger partial charge in [-0.1, -0.05) is 24.3 Å². The summed E-state index contributed by atoms with van der Waals surface area (Å²) in [5.41, 5.74) is 0.995. The highest BCUT2D eigenvalue weighted by atomic mass is 16.1. The summed E-state index contributed by atoms with van der Waals surface area (Å²) in [7, 11) is 0. The number of hydrogen-bond donors (Lipinski definition) is 0. The van der Waals surface area contributed by atoms with Crippen molar-refractivity contribution in [1.82, 2.24) is 0 Å². The number of rotatable bonds is 0. The van der Waals surface area contributed by atoms with E-state index in [2.05, 4.69) is 6.08 Å². The van der Waals surface area contributed by atoms with E-state index in [1.54, 1.807) is 6.08 Å². The topological polar surface area (TPSA) is 17.1 Å². The molecule has 0 spiro atoms. The fourth-order valence-electron chi connectivity index (χ4n) is 1.62. The van der Waals surface area contributed by atoms with E-state index in [9.17, 15) is 4.79 Å². The lowest BCUT2D eigenvalue weighted by Gasteiger charge is -2.20. The first-order chi connectivity index (χ1) is 5.38. The van der Waals surface area contributed by atoms with Crippen molar-refractivity contribution in [3.8, 4) is 0 Å². The number of fused-ring (bicyclic) bond motifs is 1. The second-order valence-corrected chi connectivity index (χ2v) is 2.99. The fraction of sp³-hybridized carbons (Fsp3) is 0.300. The zero-order valence-electron chi connectivity index (χ0n) is 6.29. The lowest BCUT2D eigenvalue weighted by Crippen LogP contribution is -2.15. The molecule has 0 aromatic rings. The van der Waals surface area contributed by atoms with E-state index in [0.717, 1.165) is 18.4 Å². The summed E-state index contributed by atoms with van der Waals surface area (Å²) >= 11 is 0. The first-order valence-electron chi connectivity index (χ1n) is 3.95. The first kappa shape index (κ1) is 6.59. The van der Waals surface area contributed by atoms with Crippen LogP contribution in [0.5, 0.6) is 0 Å². The first-order valence-corrected chi connectivity index (χ1v) is 3.95. The monoisotopic (exact) mass is 146 g/mol. The molecule has 0 radical (unpaired) electrons. The molecule has 0 saturated heterocycles. The van der Waals surface area contributed by atoms with E-state index < -0.39 is 0 Å². The Morgan fingerprint density at radius 1 is 1.27 bits per heavy atom. The van der Waals surface area contributed by atoms with Gasteiger partial charge in [0.1, 0.15) is 0 Å². The van der Waals surface area contributed by atoms with Gasteiger partial charge in [0.05, 0.1) is 0 Å². The third-order valence-corrected chi connectivity index (χ3v) is 2.25. The van der Waals surface area contributed by atoms with E-state index in [1.165, 1.54) is 0 Å². The molecule has 2 aliphatic carbocycles. The minimum absolute atomic E-state index is 0.200. The Balaban J connectivity index is 2.37. The van der Waals surface area contributed by atoms with Gasteiger partial charge in [0.25, 0.3) is 0 Å². The quantitative estimate of drug-likeness (QED) is 0.511. The zero-order chi connectivity index (χ0) is 7.68. The number of allylic oxidation sites excluding steroid dienone is 6. The molecule has 2 rings (SSSR count). The molecular formula is C10H10O. The van der Waals surface area contributed by atoms with E-state index in [-0.39, 0.29) is 5.78 Å². The molecule has 0 amide bonds. The molecule has 1 nitrogen and oxygen atoms in total. The summed E-state index contributed by atoms with van der Waals surface area (Å²) in [5, 5.41) is 0. The van der Waals surface area contributed by atoms with Gasteiger partial charge < -0.3 is 0 Å². The number of hydrogen-bond acceptors (Lipinski definition) is 1. The van der Waals surface area contributed by atoms with Crippen molar-refractivity contribution in [1.29, 1.82) is 0 Å². The Morgan fingerprint density at radius 3 is 2.91 bits per heavy atom. The predicted molar refractivity (Wildman–Crippen MR) is 44.1 cm³/mol. The molecule has 0 aromatic heterocycles. The van der Waals surface area contributed by atoms with Gasteiger partial charge in [-0.25, -0.2) is 0 Å². The minimum Gasteiger partial charge on any atom is -0.290 e. The van der Waals surface area contributed by atoms with Crippen molar-refractivity contribution in [3.05, 3.63) is 36.0 Å². The lowest BCUT2D eigenvalue weighted by atomic mass is 9.83. The van der Waals surface area contributed by atoms with Crippen molar-refractivity contribution in [2.45, 2.75) is 12.8 Å². The van der Waals surface area contributed by atoms with Crippen LogP contribution in [-0.2, 0) is 4.79 Å². The van der Waals surface area contributed by atoms with Gasteiger partial charge in [0.15, 0.2) is 5.78 Å². The summed E-state index contributed by atoms with van der Waals surface area (Å²) in [6, 6.07) is 0. The second kappa shape index (κ2) is 2.50. The largest absolute Gasteiger partial charge is 0.290 e. The Kier molecular flexibility index (Phi) is 1.50. The number of carbonyl (C=O) groups excluding carboxylic acids is 1. The van der Waals surface area contributed by atoms with Crippen LogP contribution < -0.4 is 0 Å². The van der Waals surface area contributed by atoms with E-state index in [1.807, 2.05) is 18.2 Å². The molecule has 0 bridgehead atoms. The van der Waals surface area contributed by atoms with Crippen LogP contribution in [0.25, 0.3) is 0 Å². The maximum Gasteiger partial charge on any atom is 0.181 e. The van der Waals surface area contributed by atoms with E-state index in [4.69, 9.17) is 0 Å². The van der Waals surface area contributed by atoms with E-state index >= 15 is 0 Å². The van der Waals surface area contributed by atoms with Crippen LogP contribution in [0.15, 0.2) is 36.0 Å². The van der Waals surface area contributed by atoms with Gasteiger partial charge in [-0.05, 0) is 24.8 Å². The average molecular weight is 146 g/mol. The molecule has 56 valence electrons. The summed E-state index contributed by atoms with van der Waals surface area (Å²) in [5.74, 6) is 0.670.